The van der Waals surface area contributed by atoms with E-state index in [9.17, 15) is 14.0 Å². The van der Waals surface area contributed by atoms with E-state index >= 15 is 0 Å². The van der Waals surface area contributed by atoms with Gasteiger partial charge in [-0.15, -0.1) is 12.4 Å². The molecule has 1 aromatic rings. The summed E-state index contributed by atoms with van der Waals surface area (Å²) in [5.41, 5.74) is -0.485. The summed E-state index contributed by atoms with van der Waals surface area (Å²) in [4.78, 5) is 0. The molecule has 0 saturated carbocycles. The number of halogens is 3. The quantitative estimate of drug-likeness (QED) is 0.840. The summed E-state index contributed by atoms with van der Waals surface area (Å²) in [5.74, 6) is -1.23. The van der Waals surface area contributed by atoms with Crippen LogP contribution in [0.25, 0.3) is 0 Å². The van der Waals surface area contributed by atoms with Crippen LogP contribution in [0.15, 0.2) is 18.2 Å². The van der Waals surface area contributed by atoms with Gasteiger partial charge in [0, 0.05) is 11.6 Å². The molecule has 0 spiro atoms. The molecule has 92 valence electrons. The second kappa shape index (κ2) is 5.44. The molecule has 0 amide bonds. The van der Waals surface area contributed by atoms with Crippen molar-refractivity contribution in [1.29, 1.82) is 5.26 Å². The van der Waals surface area contributed by atoms with E-state index in [0.717, 1.165) is 6.07 Å². The van der Waals surface area contributed by atoms with Gasteiger partial charge in [-0.2, -0.15) is 5.26 Å². The van der Waals surface area contributed by atoms with Crippen LogP contribution in [0.1, 0.15) is 18.4 Å². The maximum absolute atomic E-state index is 13.7. The highest BCUT2D eigenvalue weighted by molar-refractivity contribution is 5.85. The average Bonchev–Trinajstić information content (AvgIpc) is 2.30. The summed E-state index contributed by atoms with van der Waals surface area (Å²) in [5, 5.41) is 12.4. The molecule has 0 aromatic heterocycles. The summed E-state index contributed by atoms with van der Waals surface area (Å²) < 4.78 is 26.5. The van der Waals surface area contributed by atoms with Crippen LogP contribution in [-0.4, -0.2) is 13.1 Å². The molecule has 1 N–H and O–H groups in total. The molecule has 2 nitrogen and oxygen atoms in total. The van der Waals surface area contributed by atoms with Gasteiger partial charge in [0.2, 0.25) is 0 Å². The van der Waals surface area contributed by atoms with Crippen LogP contribution in [0.2, 0.25) is 0 Å². The van der Waals surface area contributed by atoms with Crippen LogP contribution in [-0.2, 0) is 5.41 Å². The second-order valence-electron chi connectivity index (χ2n) is 4.07. The Morgan fingerprint density at radius 1 is 1.24 bits per heavy atom. The van der Waals surface area contributed by atoms with Gasteiger partial charge in [0.1, 0.15) is 11.6 Å². The van der Waals surface area contributed by atoms with Gasteiger partial charge in [-0.1, -0.05) is 6.07 Å². The van der Waals surface area contributed by atoms with Crippen molar-refractivity contribution in [2.45, 2.75) is 18.3 Å². The molecule has 2 rings (SSSR count). The summed E-state index contributed by atoms with van der Waals surface area (Å²) in [6.07, 6.45) is 1.12. The summed E-state index contributed by atoms with van der Waals surface area (Å²) in [6.45, 7) is 1.37. The van der Waals surface area contributed by atoms with Crippen molar-refractivity contribution < 1.29 is 8.78 Å². The Labute approximate surface area is 105 Å². The molecule has 17 heavy (non-hydrogen) atoms. The van der Waals surface area contributed by atoms with Gasteiger partial charge in [0.05, 0.1) is 11.5 Å². The lowest BCUT2D eigenvalue weighted by Gasteiger charge is -2.31. The van der Waals surface area contributed by atoms with Gasteiger partial charge in [-0.25, -0.2) is 8.78 Å². The predicted octanol–water partition coefficient (Wildman–Crippen LogP) is 2.53. The van der Waals surface area contributed by atoms with Gasteiger partial charge in [0.15, 0.2) is 0 Å². The van der Waals surface area contributed by atoms with Crippen molar-refractivity contribution in [3.05, 3.63) is 35.4 Å². The molecular weight excluding hydrogens is 246 g/mol. The highest BCUT2D eigenvalue weighted by atomic mass is 35.5. The van der Waals surface area contributed by atoms with Crippen molar-refractivity contribution in [3.63, 3.8) is 0 Å². The first kappa shape index (κ1) is 13.9. The van der Waals surface area contributed by atoms with Crippen LogP contribution in [0.4, 0.5) is 8.78 Å². The molecule has 0 radical (unpaired) electrons. The van der Waals surface area contributed by atoms with Crippen LogP contribution >= 0.6 is 12.4 Å². The fourth-order valence-electron chi connectivity index (χ4n) is 2.17. The molecule has 0 bridgehead atoms. The molecule has 1 heterocycles. The van der Waals surface area contributed by atoms with Crippen LogP contribution in [0.3, 0.4) is 0 Å². The van der Waals surface area contributed by atoms with Gasteiger partial charge in [-0.3, -0.25) is 0 Å². The molecule has 0 atom stereocenters. The molecule has 1 saturated heterocycles. The van der Waals surface area contributed by atoms with Crippen molar-refractivity contribution in [3.8, 4) is 6.07 Å². The number of nitrogens with one attached hydrogen (secondary N) is 1. The fourth-order valence-corrected chi connectivity index (χ4v) is 2.17. The summed E-state index contributed by atoms with van der Waals surface area (Å²) >= 11 is 0. The molecule has 1 fully saturated rings. The zero-order chi connectivity index (χ0) is 11.6. The normalized spacial score (nSPS) is 17.9. The average molecular weight is 259 g/mol. The van der Waals surface area contributed by atoms with Gasteiger partial charge < -0.3 is 5.32 Å². The number of nitrogens with zero attached hydrogens (tertiary/aromatic N) is 1. The molecule has 1 aliphatic heterocycles. The van der Waals surface area contributed by atoms with Crippen molar-refractivity contribution in [2.24, 2.45) is 0 Å². The number of benzene rings is 1. The van der Waals surface area contributed by atoms with E-state index in [4.69, 9.17) is 0 Å². The predicted molar refractivity (Wildman–Crippen MR) is 63.0 cm³/mol. The molecule has 0 aliphatic carbocycles. The number of hydrogen-bond acceptors (Lipinski definition) is 2. The largest absolute Gasteiger partial charge is 0.317 e. The zero-order valence-corrected chi connectivity index (χ0v) is 9.99. The standard InChI is InChI=1S/C12H12F2N2.ClH/c13-9-1-2-10(11(14)7-9)12(8-15)3-5-16-6-4-12;/h1-2,7,16H,3-6H2;1H. The van der Waals surface area contributed by atoms with Gasteiger partial charge in [-0.05, 0) is 32.0 Å². The number of rotatable bonds is 1. The molecule has 1 aliphatic rings. The first-order chi connectivity index (χ1) is 7.68. The Morgan fingerprint density at radius 2 is 1.88 bits per heavy atom. The van der Waals surface area contributed by atoms with Crippen LogP contribution in [0, 0.1) is 23.0 Å². The van der Waals surface area contributed by atoms with Gasteiger partial charge in [0.25, 0.3) is 0 Å². The summed E-state index contributed by atoms with van der Waals surface area (Å²) in [7, 11) is 0. The summed E-state index contributed by atoms with van der Waals surface area (Å²) in [6, 6.07) is 5.63. The van der Waals surface area contributed by atoms with E-state index in [-0.39, 0.29) is 12.4 Å². The number of hydrogen-bond donors (Lipinski definition) is 1. The first-order valence-electron chi connectivity index (χ1n) is 5.25. The Morgan fingerprint density at radius 3 is 2.41 bits per heavy atom. The highest BCUT2D eigenvalue weighted by Gasteiger charge is 2.36. The monoisotopic (exact) mass is 258 g/mol. The maximum Gasteiger partial charge on any atom is 0.130 e. The van der Waals surface area contributed by atoms with Crippen molar-refractivity contribution in [1.82, 2.24) is 5.32 Å². The van der Waals surface area contributed by atoms with E-state index in [1.807, 2.05) is 0 Å². The third kappa shape index (κ3) is 2.56. The highest BCUT2D eigenvalue weighted by Crippen LogP contribution is 2.34. The minimum Gasteiger partial charge on any atom is -0.317 e. The first-order valence-corrected chi connectivity index (χ1v) is 5.25. The van der Waals surface area contributed by atoms with Crippen LogP contribution < -0.4 is 5.32 Å². The van der Waals surface area contributed by atoms with E-state index < -0.39 is 17.0 Å². The van der Waals surface area contributed by atoms with Crippen molar-refractivity contribution >= 4 is 12.4 Å². The van der Waals surface area contributed by atoms with E-state index in [1.54, 1.807) is 0 Å². The Bertz CT molecular complexity index is 437. The minimum atomic E-state index is -0.803. The van der Waals surface area contributed by atoms with Gasteiger partial charge >= 0.3 is 0 Å². The SMILES string of the molecule is Cl.N#CC1(c2ccc(F)cc2F)CCNCC1. The zero-order valence-electron chi connectivity index (χ0n) is 9.17. The topological polar surface area (TPSA) is 35.8 Å². The Balaban J connectivity index is 0.00000144. The third-order valence-electron chi connectivity index (χ3n) is 3.12. The Kier molecular flexibility index (Phi) is 4.44. The Hall–Kier alpha value is -1.18. The molecule has 5 heteroatoms. The number of piperidine rings is 1. The smallest absolute Gasteiger partial charge is 0.130 e. The lowest BCUT2D eigenvalue weighted by atomic mass is 9.74. The molecule has 0 unspecified atom stereocenters. The lowest BCUT2D eigenvalue weighted by molar-refractivity contribution is 0.369. The van der Waals surface area contributed by atoms with E-state index in [2.05, 4.69) is 11.4 Å². The lowest BCUT2D eigenvalue weighted by Crippen LogP contribution is -2.39. The minimum absolute atomic E-state index is 0. The van der Waals surface area contributed by atoms with E-state index in [1.165, 1.54) is 12.1 Å². The molecular formula is C12H13ClF2N2. The fraction of sp³-hybridized carbons (Fsp3) is 0.417. The second-order valence-corrected chi connectivity index (χ2v) is 4.07. The third-order valence-corrected chi connectivity index (χ3v) is 3.12. The van der Waals surface area contributed by atoms with Crippen LogP contribution in [0.5, 0.6) is 0 Å². The van der Waals surface area contributed by atoms with Crippen molar-refractivity contribution in [2.75, 3.05) is 13.1 Å². The maximum atomic E-state index is 13.7. The van der Waals surface area contributed by atoms with E-state index in [0.29, 0.717) is 31.5 Å². The molecule has 1 aromatic carbocycles. The number of nitriles is 1.